The summed E-state index contributed by atoms with van der Waals surface area (Å²) in [7, 11) is 0. The van der Waals surface area contributed by atoms with Crippen molar-refractivity contribution in [3.8, 4) is 0 Å². The van der Waals surface area contributed by atoms with Gasteiger partial charge in [-0.3, -0.25) is 14.7 Å². The third-order valence-electron chi connectivity index (χ3n) is 5.56. The Morgan fingerprint density at radius 3 is 2.65 bits per heavy atom. The Labute approximate surface area is 182 Å². The number of pyridine rings is 1. The molecule has 1 amide bonds. The van der Waals surface area contributed by atoms with E-state index in [9.17, 15) is 9.59 Å². The van der Waals surface area contributed by atoms with Gasteiger partial charge < -0.3 is 10.1 Å². The zero-order valence-electron chi connectivity index (χ0n) is 17.9. The van der Waals surface area contributed by atoms with E-state index in [2.05, 4.69) is 17.1 Å². The lowest BCUT2D eigenvalue weighted by Crippen LogP contribution is -2.34. The lowest BCUT2D eigenvalue weighted by Gasteiger charge is -2.29. The van der Waals surface area contributed by atoms with Crippen molar-refractivity contribution in [2.45, 2.75) is 39.3 Å². The molecule has 4 rings (SSSR count). The van der Waals surface area contributed by atoms with Crippen molar-refractivity contribution < 1.29 is 14.3 Å². The first-order valence-electron chi connectivity index (χ1n) is 10.8. The van der Waals surface area contributed by atoms with Crippen molar-refractivity contribution in [3.05, 3.63) is 71.4 Å². The Hall–Kier alpha value is -3.25. The molecule has 0 bridgehead atoms. The highest BCUT2D eigenvalue weighted by Crippen LogP contribution is 2.29. The van der Waals surface area contributed by atoms with Crippen LogP contribution in [0.4, 0.5) is 5.69 Å². The van der Waals surface area contributed by atoms with E-state index in [4.69, 9.17) is 9.72 Å². The smallest absolute Gasteiger partial charge is 0.339 e. The van der Waals surface area contributed by atoms with E-state index >= 15 is 0 Å². The van der Waals surface area contributed by atoms with Crippen LogP contribution in [0.3, 0.4) is 0 Å². The fourth-order valence-corrected chi connectivity index (χ4v) is 4.02. The van der Waals surface area contributed by atoms with Gasteiger partial charge in [-0.1, -0.05) is 43.3 Å². The topological polar surface area (TPSA) is 71.5 Å². The number of hydrogen-bond donors (Lipinski definition) is 1. The summed E-state index contributed by atoms with van der Waals surface area (Å²) in [6, 6.07) is 16.8. The van der Waals surface area contributed by atoms with Crippen molar-refractivity contribution >= 4 is 28.5 Å². The molecule has 1 atom stereocenters. The maximum atomic E-state index is 13.3. The number of rotatable bonds is 6. The number of anilines is 1. The van der Waals surface area contributed by atoms with E-state index in [1.165, 1.54) is 0 Å². The van der Waals surface area contributed by atoms with Gasteiger partial charge in [0, 0.05) is 41.8 Å². The number of aromatic nitrogens is 1. The second-order valence-electron chi connectivity index (χ2n) is 7.86. The number of para-hydroxylation sites is 2. The monoisotopic (exact) mass is 417 g/mol. The van der Waals surface area contributed by atoms with Gasteiger partial charge >= 0.3 is 5.97 Å². The normalized spacial score (nSPS) is 14.6. The summed E-state index contributed by atoms with van der Waals surface area (Å²) in [5.74, 6) is -0.844. The molecule has 2 heterocycles. The number of esters is 1. The molecule has 0 fully saturated rings. The molecule has 1 aliphatic heterocycles. The van der Waals surface area contributed by atoms with Gasteiger partial charge in [0.05, 0.1) is 11.1 Å². The molecule has 0 aliphatic carbocycles. The summed E-state index contributed by atoms with van der Waals surface area (Å²) in [6.07, 6.45) is 0.919. The fourth-order valence-electron chi connectivity index (χ4n) is 4.02. The molecule has 0 spiro atoms. The van der Waals surface area contributed by atoms with Crippen LogP contribution in [0.2, 0.25) is 0 Å². The minimum absolute atomic E-state index is 0.362. The molecule has 1 aromatic heterocycles. The Bertz CT molecular complexity index is 1100. The number of nitrogens with zero attached hydrogens (tertiary/aromatic N) is 2. The summed E-state index contributed by atoms with van der Waals surface area (Å²) in [5.41, 5.74) is 3.83. The van der Waals surface area contributed by atoms with Crippen LogP contribution >= 0.6 is 0 Å². The summed E-state index contributed by atoms with van der Waals surface area (Å²) in [6.45, 7) is 6.30. The molecule has 6 heteroatoms. The van der Waals surface area contributed by atoms with Crippen molar-refractivity contribution in [2.24, 2.45) is 0 Å². The van der Waals surface area contributed by atoms with Crippen LogP contribution in [-0.4, -0.2) is 41.0 Å². The van der Waals surface area contributed by atoms with Crippen LogP contribution in [0, 0.1) is 0 Å². The van der Waals surface area contributed by atoms with Gasteiger partial charge in [0.15, 0.2) is 6.10 Å². The fraction of sp³-hybridized carbons (Fsp3) is 0.320. The predicted molar refractivity (Wildman–Crippen MR) is 121 cm³/mol. The molecule has 1 aliphatic rings. The number of fused-ring (bicyclic) bond motifs is 2. The molecule has 1 N–H and O–H groups in total. The SMILES string of the molecule is CCCN1CCc2nc3ccccc3c(C(=O)OC(C)C(=O)Nc3ccccc3)c2C1. The summed E-state index contributed by atoms with van der Waals surface area (Å²) >= 11 is 0. The zero-order valence-corrected chi connectivity index (χ0v) is 17.9. The standard InChI is InChI=1S/C25H27N3O3/c1-3-14-28-15-13-22-20(16-28)23(19-11-7-8-12-21(19)27-22)25(30)31-17(2)24(29)26-18-9-5-4-6-10-18/h4-12,17H,3,13-16H2,1-2H3,(H,26,29). The van der Waals surface area contributed by atoms with Crippen LogP contribution in [0.25, 0.3) is 10.9 Å². The van der Waals surface area contributed by atoms with Crippen molar-refractivity contribution in [2.75, 3.05) is 18.4 Å². The first-order chi connectivity index (χ1) is 15.1. The average molecular weight is 418 g/mol. The minimum atomic E-state index is -0.925. The molecule has 160 valence electrons. The molecule has 31 heavy (non-hydrogen) atoms. The Kier molecular flexibility index (Phi) is 6.28. The van der Waals surface area contributed by atoms with Gasteiger partial charge in [-0.2, -0.15) is 0 Å². The van der Waals surface area contributed by atoms with Crippen LogP contribution in [-0.2, 0) is 22.5 Å². The van der Waals surface area contributed by atoms with Crippen molar-refractivity contribution in [3.63, 3.8) is 0 Å². The van der Waals surface area contributed by atoms with Crippen LogP contribution in [0.15, 0.2) is 54.6 Å². The van der Waals surface area contributed by atoms with Crippen LogP contribution in [0.5, 0.6) is 0 Å². The van der Waals surface area contributed by atoms with Crippen LogP contribution < -0.4 is 5.32 Å². The highest BCUT2D eigenvalue weighted by atomic mass is 16.5. The number of nitrogens with one attached hydrogen (secondary N) is 1. The number of carbonyl (C=O) groups excluding carboxylic acids is 2. The van der Waals surface area contributed by atoms with Crippen molar-refractivity contribution in [1.82, 2.24) is 9.88 Å². The summed E-state index contributed by atoms with van der Waals surface area (Å²) in [5, 5.41) is 3.55. The first kappa shape index (κ1) is 21.0. The van der Waals surface area contributed by atoms with E-state index in [-0.39, 0.29) is 5.91 Å². The second-order valence-corrected chi connectivity index (χ2v) is 7.86. The molecule has 2 aromatic carbocycles. The first-order valence-corrected chi connectivity index (χ1v) is 10.8. The molecule has 6 nitrogen and oxygen atoms in total. The third kappa shape index (κ3) is 4.59. The highest BCUT2D eigenvalue weighted by Gasteiger charge is 2.28. The Morgan fingerprint density at radius 2 is 1.87 bits per heavy atom. The lowest BCUT2D eigenvalue weighted by atomic mass is 9.95. The molecular weight excluding hydrogens is 390 g/mol. The zero-order chi connectivity index (χ0) is 21.8. The molecule has 0 radical (unpaired) electrons. The lowest BCUT2D eigenvalue weighted by molar-refractivity contribution is -0.123. The van der Waals surface area contributed by atoms with Crippen LogP contribution in [0.1, 0.15) is 41.9 Å². The second kappa shape index (κ2) is 9.27. The van der Waals surface area contributed by atoms with Gasteiger partial charge in [0.2, 0.25) is 0 Å². The largest absolute Gasteiger partial charge is 0.449 e. The average Bonchev–Trinajstić information content (AvgIpc) is 2.78. The quantitative estimate of drug-likeness (QED) is 0.609. The maximum Gasteiger partial charge on any atom is 0.339 e. The number of benzene rings is 2. The highest BCUT2D eigenvalue weighted by molar-refractivity contribution is 6.06. The predicted octanol–water partition coefficient (Wildman–Crippen LogP) is 4.19. The van der Waals surface area contributed by atoms with E-state index in [0.29, 0.717) is 17.8 Å². The van der Waals surface area contributed by atoms with E-state index < -0.39 is 12.1 Å². The van der Waals surface area contributed by atoms with Crippen molar-refractivity contribution in [1.29, 1.82) is 0 Å². The Morgan fingerprint density at radius 1 is 1.13 bits per heavy atom. The number of amides is 1. The van der Waals surface area contributed by atoms with Gasteiger partial charge in [-0.15, -0.1) is 0 Å². The summed E-state index contributed by atoms with van der Waals surface area (Å²) < 4.78 is 5.64. The van der Waals surface area contributed by atoms with E-state index in [1.54, 1.807) is 19.1 Å². The third-order valence-corrected chi connectivity index (χ3v) is 5.56. The molecular formula is C25H27N3O3. The van der Waals surface area contributed by atoms with E-state index in [1.807, 2.05) is 42.5 Å². The van der Waals surface area contributed by atoms with E-state index in [0.717, 1.165) is 48.1 Å². The number of ether oxygens (including phenoxy) is 1. The van der Waals surface area contributed by atoms with Gasteiger partial charge in [0.1, 0.15) is 0 Å². The minimum Gasteiger partial charge on any atom is -0.449 e. The van der Waals surface area contributed by atoms with Gasteiger partial charge in [-0.25, -0.2) is 4.79 Å². The molecule has 3 aromatic rings. The number of carbonyl (C=O) groups is 2. The Balaban J connectivity index is 1.62. The maximum absolute atomic E-state index is 13.3. The molecule has 1 unspecified atom stereocenters. The van der Waals surface area contributed by atoms with Gasteiger partial charge in [-0.05, 0) is 38.1 Å². The molecule has 0 saturated carbocycles. The summed E-state index contributed by atoms with van der Waals surface area (Å²) in [4.78, 5) is 33.0. The van der Waals surface area contributed by atoms with Gasteiger partial charge in [0.25, 0.3) is 5.91 Å². The number of hydrogen-bond acceptors (Lipinski definition) is 5. The molecule has 0 saturated heterocycles.